The molecule has 0 spiro atoms. The van der Waals surface area contributed by atoms with Crippen molar-refractivity contribution in [3.05, 3.63) is 29.3 Å². The predicted octanol–water partition coefficient (Wildman–Crippen LogP) is 1.33. The van der Waals surface area contributed by atoms with E-state index in [2.05, 4.69) is 10.6 Å². The third kappa shape index (κ3) is 4.45. The van der Waals surface area contributed by atoms with Crippen molar-refractivity contribution in [2.75, 3.05) is 18.0 Å². The first-order valence-electron chi connectivity index (χ1n) is 7.50. The lowest BCUT2D eigenvalue weighted by Gasteiger charge is -2.18. The Labute approximate surface area is 140 Å². The highest BCUT2D eigenvalue weighted by Gasteiger charge is 2.35. The highest BCUT2D eigenvalue weighted by Crippen LogP contribution is 2.30. The Morgan fingerprint density at radius 2 is 2.04 bits per heavy atom. The maximum absolute atomic E-state index is 12.1. The zero-order valence-corrected chi connectivity index (χ0v) is 13.9. The standard InChI is InChI=1S/C16H20ClN3O3/c1-10(2)19-14(21)8-18-16(23)11-7-15(22)20(9-11)13-6-4-3-5-12(13)17/h3-6,10-11H,7-9H2,1-2H3,(H,18,23)(H,19,21). The van der Waals surface area contributed by atoms with E-state index in [0.29, 0.717) is 10.7 Å². The molecule has 6 nitrogen and oxygen atoms in total. The fraction of sp³-hybridized carbons (Fsp3) is 0.438. The van der Waals surface area contributed by atoms with Gasteiger partial charge in [-0.2, -0.15) is 0 Å². The minimum atomic E-state index is -0.481. The van der Waals surface area contributed by atoms with Crippen molar-refractivity contribution in [3.63, 3.8) is 0 Å². The van der Waals surface area contributed by atoms with Crippen molar-refractivity contribution in [3.8, 4) is 0 Å². The average Bonchev–Trinajstić information content (AvgIpc) is 2.86. The molecule has 0 aromatic heterocycles. The van der Waals surface area contributed by atoms with Crippen LogP contribution in [0.2, 0.25) is 5.02 Å². The lowest BCUT2D eigenvalue weighted by atomic mass is 10.1. The summed E-state index contributed by atoms with van der Waals surface area (Å²) in [6, 6.07) is 7.04. The van der Waals surface area contributed by atoms with Gasteiger partial charge in [0.1, 0.15) is 0 Å². The number of amides is 3. The Bertz CT molecular complexity index is 618. The smallest absolute Gasteiger partial charge is 0.239 e. The van der Waals surface area contributed by atoms with Crippen LogP contribution in [0.25, 0.3) is 0 Å². The fourth-order valence-corrected chi connectivity index (χ4v) is 2.71. The molecule has 7 heteroatoms. The molecule has 3 amide bonds. The van der Waals surface area contributed by atoms with E-state index in [-0.39, 0.29) is 43.3 Å². The van der Waals surface area contributed by atoms with E-state index in [1.807, 2.05) is 13.8 Å². The van der Waals surface area contributed by atoms with Gasteiger partial charge >= 0.3 is 0 Å². The third-order valence-corrected chi connectivity index (χ3v) is 3.83. The van der Waals surface area contributed by atoms with E-state index in [1.165, 1.54) is 4.90 Å². The van der Waals surface area contributed by atoms with Crippen LogP contribution in [0.1, 0.15) is 20.3 Å². The molecule has 0 saturated carbocycles. The molecule has 1 aromatic carbocycles. The van der Waals surface area contributed by atoms with Gasteiger partial charge in [-0.25, -0.2) is 0 Å². The minimum absolute atomic E-state index is 0.0168. The van der Waals surface area contributed by atoms with Crippen molar-refractivity contribution in [1.82, 2.24) is 10.6 Å². The van der Waals surface area contributed by atoms with Crippen LogP contribution in [0.5, 0.6) is 0 Å². The monoisotopic (exact) mass is 337 g/mol. The van der Waals surface area contributed by atoms with E-state index in [4.69, 9.17) is 11.6 Å². The Morgan fingerprint density at radius 3 is 2.70 bits per heavy atom. The Hall–Kier alpha value is -2.08. The molecule has 2 N–H and O–H groups in total. The van der Waals surface area contributed by atoms with E-state index < -0.39 is 5.92 Å². The number of anilines is 1. The predicted molar refractivity (Wildman–Crippen MR) is 88.2 cm³/mol. The van der Waals surface area contributed by atoms with Crippen molar-refractivity contribution in [2.45, 2.75) is 26.3 Å². The van der Waals surface area contributed by atoms with Crippen LogP contribution in [-0.2, 0) is 14.4 Å². The zero-order valence-electron chi connectivity index (χ0n) is 13.1. The Morgan fingerprint density at radius 1 is 1.35 bits per heavy atom. The number of benzene rings is 1. The van der Waals surface area contributed by atoms with Gasteiger partial charge in [0, 0.05) is 19.0 Å². The van der Waals surface area contributed by atoms with E-state index >= 15 is 0 Å². The molecule has 1 aliphatic rings. The first kappa shape index (κ1) is 17.3. The van der Waals surface area contributed by atoms with Crippen molar-refractivity contribution >= 4 is 35.0 Å². The molecule has 1 heterocycles. The van der Waals surface area contributed by atoms with Crippen LogP contribution in [0.15, 0.2) is 24.3 Å². The second-order valence-electron chi connectivity index (χ2n) is 5.80. The van der Waals surface area contributed by atoms with Gasteiger partial charge in [-0.1, -0.05) is 23.7 Å². The summed E-state index contributed by atoms with van der Waals surface area (Å²) in [5.41, 5.74) is 0.604. The second-order valence-corrected chi connectivity index (χ2v) is 6.20. The van der Waals surface area contributed by atoms with E-state index in [0.717, 1.165) is 0 Å². The van der Waals surface area contributed by atoms with Crippen LogP contribution in [0.4, 0.5) is 5.69 Å². The van der Waals surface area contributed by atoms with Crippen LogP contribution >= 0.6 is 11.6 Å². The molecule has 1 aromatic rings. The van der Waals surface area contributed by atoms with Gasteiger partial charge in [0.2, 0.25) is 17.7 Å². The molecular weight excluding hydrogens is 318 g/mol. The number of halogens is 1. The van der Waals surface area contributed by atoms with E-state index in [1.54, 1.807) is 24.3 Å². The number of carbonyl (C=O) groups excluding carboxylic acids is 3. The fourth-order valence-electron chi connectivity index (χ4n) is 2.47. The molecule has 1 aliphatic heterocycles. The van der Waals surface area contributed by atoms with Crippen LogP contribution < -0.4 is 15.5 Å². The first-order chi connectivity index (χ1) is 10.9. The largest absolute Gasteiger partial charge is 0.352 e. The number of hydrogen-bond donors (Lipinski definition) is 2. The number of nitrogens with zero attached hydrogens (tertiary/aromatic N) is 1. The summed E-state index contributed by atoms with van der Waals surface area (Å²) in [6.07, 6.45) is 0.114. The van der Waals surface area contributed by atoms with Gasteiger partial charge in [0.15, 0.2) is 0 Å². The zero-order chi connectivity index (χ0) is 17.0. The minimum Gasteiger partial charge on any atom is -0.352 e. The summed E-state index contributed by atoms with van der Waals surface area (Å²) in [6.45, 7) is 3.86. The molecule has 2 rings (SSSR count). The molecule has 0 bridgehead atoms. The molecule has 23 heavy (non-hydrogen) atoms. The number of hydrogen-bond acceptors (Lipinski definition) is 3. The average molecular weight is 338 g/mol. The van der Waals surface area contributed by atoms with Crippen molar-refractivity contribution in [1.29, 1.82) is 0 Å². The molecule has 1 fully saturated rings. The van der Waals surface area contributed by atoms with Gasteiger partial charge in [0.25, 0.3) is 0 Å². The molecule has 1 saturated heterocycles. The summed E-state index contributed by atoms with van der Waals surface area (Å²) >= 11 is 6.10. The summed E-state index contributed by atoms with van der Waals surface area (Å²) in [5.74, 6) is -1.18. The highest BCUT2D eigenvalue weighted by molar-refractivity contribution is 6.33. The lowest BCUT2D eigenvalue weighted by molar-refractivity contribution is -0.129. The molecule has 0 radical (unpaired) electrons. The highest BCUT2D eigenvalue weighted by atomic mass is 35.5. The molecular formula is C16H20ClN3O3. The third-order valence-electron chi connectivity index (χ3n) is 3.51. The molecule has 1 unspecified atom stereocenters. The van der Waals surface area contributed by atoms with Gasteiger partial charge in [-0.15, -0.1) is 0 Å². The summed E-state index contributed by atoms with van der Waals surface area (Å²) in [7, 11) is 0. The second kappa shape index (κ2) is 7.46. The first-order valence-corrected chi connectivity index (χ1v) is 7.88. The summed E-state index contributed by atoms with van der Waals surface area (Å²) in [4.78, 5) is 37.3. The quantitative estimate of drug-likeness (QED) is 0.851. The molecule has 1 atom stereocenters. The van der Waals surface area contributed by atoms with Gasteiger partial charge in [-0.05, 0) is 26.0 Å². The topological polar surface area (TPSA) is 78.5 Å². The maximum atomic E-state index is 12.1. The lowest BCUT2D eigenvalue weighted by Crippen LogP contribution is -2.42. The van der Waals surface area contributed by atoms with Gasteiger partial charge in [0.05, 0.1) is 23.2 Å². The number of nitrogens with one attached hydrogen (secondary N) is 2. The van der Waals surface area contributed by atoms with E-state index in [9.17, 15) is 14.4 Å². The van der Waals surface area contributed by atoms with Crippen LogP contribution in [-0.4, -0.2) is 36.9 Å². The summed E-state index contributed by atoms with van der Waals surface area (Å²) < 4.78 is 0. The maximum Gasteiger partial charge on any atom is 0.239 e. The SMILES string of the molecule is CC(C)NC(=O)CNC(=O)C1CC(=O)N(c2ccccc2Cl)C1. The molecule has 0 aliphatic carbocycles. The van der Waals surface area contributed by atoms with Crippen molar-refractivity contribution in [2.24, 2.45) is 5.92 Å². The number of para-hydroxylation sites is 1. The van der Waals surface area contributed by atoms with Crippen molar-refractivity contribution < 1.29 is 14.4 Å². The normalized spacial score (nSPS) is 17.5. The van der Waals surface area contributed by atoms with Crippen LogP contribution in [0, 0.1) is 5.92 Å². The van der Waals surface area contributed by atoms with Gasteiger partial charge < -0.3 is 15.5 Å². The Balaban J connectivity index is 1.93. The van der Waals surface area contributed by atoms with Gasteiger partial charge in [-0.3, -0.25) is 14.4 Å². The Kier molecular flexibility index (Phi) is 5.60. The number of rotatable bonds is 5. The summed E-state index contributed by atoms with van der Waals surface area (Å²) in [5, 5.41) is 5.74. The number of carbonyl (C=O) groups is 3. The molecule has 124 valence electrons. The van der Waals surface area contributed by atoms with Crippen LogP contribution in [0.3, 0.4) is 0 Å².